The lowest BCUT2D eigenvalue weighted by Gasteiger charge is -2.05. The summed E-state index contributed by atoms with van der Waals surface area (Å²) in [4.78, 5) is 6.03. The zero-order valence-electron chi connectivity index (χ0n) is 12.1. The molecule has 1 N–H and O–H groups in total. The second kappa shape index (κ2) is 6.15. The van der Waals surface area contributed by atoms with Crippen LogP contribution in [0.15, 0.2) is 22.7 Å². The van der Waals surface area contributed by atoms with E-state index in [0.29, 0.717) is 12.0 Å². The number of aromatic nitrogens is 1. The minimum Gasteiger partial charge on any atom is -0.309 e. The molecule has 0 unspecified atom stereocenters. The predicted octanol–water partition coefficient (Wildman–Crippen LogP) is 5.09. The van der Waals surface area contributed by atoms with Crippen LogP contribution in [0, 0.1) is 5.82 Å². The number of halogens is 2. The van der Waals surface area contributed by atoms with Crippen LogP contribution in [-0.2, 0) is 6.54 Å². The van der Waals surface area contributed by atoms with E-state index in [0.717, 1.165) is 27.3 Å². The van der Waals surface area contributed by atoms with Crippen molar-refractivity contribution < 1.29 is 4.39 Å². The van der Waals surface area contributed by atoms with E-state index in [1.165, 1.54) is 23.8 Å². The molecule has 1 aromatic carbocycles. The fraction of sp³-hybridized carbons (Fsp3) is 0.438. The van der Waals surface area contributed by atoms with Crippen molar-refractivity contribution in [3.05, 3.63) is 39.1 Å². The Morgan fingerprint density at radius 3 is 2.86 bits per heavy atom. The van der Waals surface area contributed by atoms with Gasteiger partial charge in [-0.05, 0) is 37.0 Å². The van der Waals surface area contributed by atoms with Crippen molar-refractivity contribution in [2.24, 2.45) is 0 Å². The minimum atomic E-state index is -0.229. The first-order valence-electron chi connectivity index (χ1n) is 7.23. The Kier molecular flexibility index (Phi) is 4.43. The summed E-state index contributed by atoms with van der Waals surface area (Å²) in [7, 11) is 0. The molecule has 1 fully saturated rings. The SMILES string of the molecule is CC(C)c1nc(-c2cc(F)ccc2Br)sc1CNC1CC1. The molecule has 1 aromatic heterocycles. The Balaban J connectivity index is 1.94. The van der Waals surface area contributed by atoms with Gasteiger partial charge in [-0.3, -0.25) is 0 Å². The third-order valence-corrected chi connectivity index (χ3v) is 5.36. The van der Waals surface area contributed by atoms with E-state index in [2.05, 4.69) is 35.1 Å². The van der Waals surface area contributed by atoms with Crippen LogP contribution >= 0.6 is 27.3 Å². The summed E-state index contributed by atoms with van der Waals surface area (Å²) in [5.41, 5.74) is 1.96. The van der Waals surface area contributed by atoms with Crippen LogP contribution in [0.2, 0.25) is 0 Å². The van der Waals surface area contributed by atoms with Crippen LogP contribution in [0.5, 0.6) is 0 Å². The van der Waals surface area contributed by atoms with Crippen LogP contribution in [0.25, 0.3) is 10.6 Å². The monoisotopic (exact) mass is 368 g/mol. The second-order valence-electron chi connectivity index (χ2n) is 5.76. The molecule has 2 nitrogen and oxygen atoms in total. The number of hydrogen-bond acceptors (Lipinski definition) is 3. The fourth-order valence-corrected chi connectivity index (χ4v) is 4.01. The molecule has 1 saturated carbocycles. The molecule has 0 aliphatic heterocycles. The first-order valence-corrected chi connectivity index (χ1v) is 8.84. The van der Waals surface area contributed by atoms with Crippen molar-refractivity contribution in [1.29, 1.82) is 0 Å². The van der Waals surface area contributed by atoms with Crippen LogP contribution < -0.4 is 5.32 Å². The van der Waals surface area contributed by atoms with Crippen molar-refractivity contribution in [3.63, 3.8) is 0 Å². The summed E-state index contributed by atoms with van der Waals surface area (Å²) in [6.45, 7) is 5.17. The molecule has 0 saturated heterocycles. The van der Waals surface area contributed by atoms with Crippen molar-refractivity contribution in [3.8, 4) is 10.6 Å². The number of thiazole rings is 1. The van der Waals surface area contributed by atoms with Gasteiger partial charge in [0.15, 0.2) is 0 Å². The molecule has 1 aliphatic rings. The summed E-state index contributed by atoms with van der Waals surface area (Å²) >= 11 is 5.16. The molecule has 5 heteroatoms. The van der Waals surface area contributed by atoms with Crippen LogP contribution in [0.3, 0.4) is 0 Å². The number of benzene rings is 1. The number of rotatable bonds is 5. The lowest BCUT2D eigenvalue weighted by molar-refractivity contribution is 0.628. The quantitative estimate of drug-likeness (QED) is 0.794. The van der Waals surface area contributed by atoms with E-state index < -0.39 is 0 Å². The molecule has 2 aromatic rings. The maximum absolute atomic E-state index is 13.5. The average Bonchev–Trinajstić information content (AvgIpc) is 3.17. The van der Waals surface area contributed by atoms with E-state index in [-0.39, 0.29) is 5.82 Å². The normalized spacial score (nSPS) is 14.9. The maximum Gasteiger partial charge on any atom is 0.125 e. The zero-order chi connectivity index (χ0) is 15.0. The predicted molar refractivity (Wildman–Crippen MR) is 89.2 cm³/mol. The molecule has 0 amide bonds. The van der Waals surface area contributed by atoms with Crippen LogP contribution in [0.1, 0.15) is 43.2 Å². The van der Waals surface area contributed by atoms with Crippen LogP contribution in [0.4, 0.5) is 4.39 Å². The third-order valence-electron chi connectivity index (χ3n) is 3.56. The second-order valence-corrected chi connectivity index (χ2v) is 7.70. The van der Waals surface area contributed by atoms with Gasteiger partial charge in [-0.15, -0.1) is 11.3 Å². The molecule has 1 aliphatic carbocycles. The number of nitrogens with one attached hydrogen (secondary N) is 1. The molecular weight excluding hydrogens is 351 g/mol. The Bertz CT molecular complexity index is 650. The molecule has 1 heterocycles. The van der Waals surface area contributed by atoms with Gasteiger partial charge in [0.25, 0.3) is 0 Å². The molecule has 0 radical (unpaired) electrons. The zero-order valence-corrected chi connectivity index (χ0v) is 14.5. The van der Waals surface area contributed by atoms with E-state index in [4.69, 9.17) is 4.98 Å². The van der Waals surface area contributed by atoms with Gasteiger partial charge in [0.1, 0.15) is 10.8 Å². The van der Waals surface area contributed by atoms with Crippen molar-refractivity contribution in [1.82, 2.24) is 10.3 Å². The van der Waals surface area contributed by atoms with E-state index in [1.807, 2.05) is 0 Å². The standard InChI is InChI=1S/C16H18BrFN2S/c1-9(2)15-14(8-19-11-4-5-11)21-16(20-15)12-7-10(18)3-6-13(12)17/h3,6-7,9,11,19H,4-5,8H2,1-2H3. The van der Waals surface area contributed by atoms with Crippen molar-refractivity contribution >= 4 is 27.3 Å². The van der Waals surface area contributed by atoms with E-state index in [1.54, 1.807) is 23.5 Å². The topological polar surface area (TPSA) is 24.9 Å². The van der Waals surface area contributed by atoms with Gasteiger partial charge in [0, 0.05) is 27.5 Å². The summed E-state index contributed by atoms with van der Waals surface area (Å²) in [6.07, 6.45) is 2.55. The third kappa shape index (κ3) is 3.52. The first-order chi connectivity index (χ1) is 10.0. The Morgan fingerprint density at radius 1 is 1.43 bits per heavy atom. The largest absolute Gasteiger partial charge is 0.309 e. The highest BCUT2D eigenvalue weighted by Gasteiger charge is 2.22. The van der Waals surface area contributed by atoms with Gasteiger partial charge >= 0.3 is 0 Å². The van der Waals surface area contributed by atoms with Gasteiger partial charge in [-0.2, -0.15) is 0 Å². The van der Waals surface area contributed by atoms with Crippen molar-refractivity contribution in [2.45, 2.75) is 45.2 Å². The molecular formula is C16H18BrFN2S. The highest BCUT2D eigenvalue weighted by Crippen LogP contribution is 2.36. The van der Waals surface area contributed by atoms with Gasteiger partial charge in [-0.1, -0.05) is 29.8 Å². The number of nitrogens with zero attached hydrogens (tertiary/aromatic N) is 1. The summed E-state index contributed by atoms with van der Waals surface area (Å²) in [5.74, 6) is 0.144. The minimum absolute atomic E-state index is 0.229. The van der Waals surface area contributed by atoms with E-state index >= 15 is 0 Å². The molecule has 0 atom stereocenters. The summed E-state index contributed by atoms with van der Waals surface area (Å²) in [5, 5.41) is 4.43. The molecule has 3 rings (SSSR count). The maximum atomic E-state index is 13.5. The lowest BCUT2D eigenvalue weighted by atomic mass is 10.1. The van der Waals surface area contributed by atoms with Crippen LogP contribution in [-0.4, -0.2) is 11.0 Å². The summed E-state index contributed by atoms with van der Waals surface area (Å²) < 4.78 is 14.4. The van der Waals surface area contributed by atoms with Gasteiger partial charge in [0.2, 0.25) is 0 Å². The van der Waals surface area contributed by atoms with Gasteiger partial charge < -0.3 is 5.32 Å². The summed E-state index contributed by atoms with van der Waals surface area (Å²) in [6, 6.07) is 5.42. The lowest BCUT2D eigenvalue weighted by Crippen LogP contribution is -2.15. The Morgan fingerprint density at radius 2 is 2.19 bits per heavy atom. The van der Waals surface area contributed by atoms with Crippen molar-refractivity contribution in [2.75, 3.05) is 0 Å². The highest BCUT2D eigenvalue weighted by molar-refractivity contribution is 9.10. The molecule has 0 bridgehead atoms. The van der Waals surface area contributed by atoms with Gasteiger partial charge in [0.05, 0.1) is 5.69 Å². The number of hydrogen-bond donors (Lipinski definition) is 1. The molecule has 21 heavy (non-hydrogen) atoms. The average molecular weight is 369 g/mol. The van der Waals surface area contributed by atoms with E-state index in [9.17, 15) is 4.39 Å². The highest BCUT2D eigenvalue weighted by atomic mass is 79.9. The smallest absolute Gasteiger partial charge is 0.125 e. The fourth-order valence-electron chi connectivity index (χ4n) is 2.24. The Labute approximate surface area is 136 Å². The first kappa shape index (κ1) is 15.1. The van der Waals surface area contributed by atoms with Gasteiger partial charge in [-0.25, -0.2) is 9.37 Å². The molecule has 0 spiro atoms. The molecule has 112 valence electrons. The Hall–Kier alpha value is -0.780.